The minimum atomic E-state index is 0. The van der Waals surface area contributed by atoms with Crippen LogP contribution in [0.5, 0.6) is 0 Å². The molecule has 0 radical (unpaired) electrons. The largest absolute Gasteiger partial charge is 0.383 e. The van der Waals surface area contributed by atoms with Crippen molar-refractivity contribution >= 4 is 18.3 Å². The Morgan fingerprint density at radius 3 is 2.16 bits per heavy atom. The van der Waals surface area contributed by atoms with Gasteiger partial charge in [0.1, 0.15) is 0 Å². The number of amides is 1. The number of carbonyl (C=O) groups is 1. The summed E-state index contributed by atoms with van der Waals surface area (Å²) in [5.41, 5.74) is 0. The van der Waals surface area contributed by atoms with Gasteiger partial charge in [0.05, 0.1) is 13.2 Å². The lowest BCUT2D eigenvalue weighted by atomic mass is 9.94. The highest BCUT2D eigenvalue weighted by molar-refractivity contribution is 5.85. The summed E-state index contributed by atoms with van der Waals surface area (Å²) in [5, 5.41) is 3.32. The zero-order valence-electron chi connectivity index (χ0n) is 12.0. The van der Waals surface area contributed by atoms with Gasteiger partial charge >= 0.3 is 0 Å². The Labute approximate surface area is 122 Å². The van der Waals surface area contributed by atoms with Crippen molar-refractivity contribution in [3.63, 3.8) is 0 Å². The third kappa shape index (κ3) is 7.72. The van der Waals surface area contributed by atoms with Crippen LogP contribution in [0.2, 0.25) is 0 Å². The first-order valence-corrected chi connectivity index (χ1v) is 6.74. The van der Waals surface area contributed by atoms with Crippen molar-refractivity contribution in [2.24, 2.45) is 5.92 Å². The number of piperidine rings is 1. The van der Waals surface area contributed by atoms with E-state index in [4.69, 9.17) is 9.47 Å². The molecule has 0 aromatic heterocycles. The molecule has 0 aliphatic carbocycles. The summed E-state index contributed by atoms with van der Waals surface area (Å²) in [7, 11) is 3.32. The van der Waals surface area contributed by atoms with E-state index in [1.54, 1.807) is 14.2 Å². The first-order chi connectivity index (χ1) is 8.77. The molecule has 1 amide bonds. The Balaban J connectivity index is 0.00000324. The standard InChI is InChI=1S/C13H26N2O3.ClH/c1-17-9-7-15(8-10-18-2)13(16)11-12-3-5-14-6-4-12;/h12,14H,3-11H2,1-2H3;1H. The molecule has 114 valence electrons. The fraction of sp³-hybridized carbons (Fsp3) is 0.923. The molecule has 1 heterocycles. The molecule has 5 nitrogen and oxygen atoms in total. The van der Waals surface area contributed by atoms with Gasteiger partial charge < -0.3 is 19.7 Å². The van der Waals surface area contributed by atoms with E-state index in [1.165, 1.54) is 0 Å². The third-order valence-corrected chi connectivity index (χ3v) is 3.41. The van der Waals surface area contributed by atoms with Gasteiger partial charge in [-0.05, 0) is 31.8 Å². The second-order valence-corrected chi connectivity index (χ2v) is 4.76. The molecule has 0 aromatic rings. The van der Waals surface area contributed by atoms with Crippen LogP contribution in [0.1, 0.15) is 19.3 Å². The average Bonchev–Trinajstić information content (AvgIpc) is 2.40. The number of nitrogens with zero attached hydrogens (tertiary/aromatic N) is 1. The number of hydrogen-bond donors (Lipinski definition) is 1. The summed E-state index contributed by atoms with van der Waals surface area (Å²) in [4.78, 5) is 14.1. The lowest BCUT2D eigenvalue weighted by molar-refractivity contribution is -0.133. The molecule has 0 saturated carbocycles. The SMILES string of the molecule is COCCN(CCOC)C(=O)CC1CCNCC1.Cl. The third-order valence-electron chi connectivity index (χ3n) is 3.41. The highest BCUT2D eigenvalue weighted by Gasteiger charge is 2.20. The summed E-state index contributed by atoms with van der Waals surface area (Å²) >= 11 is 0. The van der Waals surface area contributed by atoms with Crippen molar-refractivity contribution in [3.05, 3.63) is 0 Å². The van der Waals surface area contributed by atoms with Gasteiger partial charge in [0.25, 0.3) is 0 Å². The van der Waals surface area contributed by atoms with Gasteiger partial charge in [-0.2, -0.15) is 0 Å². The fourth-order valence-electron chi connectivity index (χ4n) is 2.23. The van der Waals surface area contributed by atoms with Gasteiger partial charge in [-0.25, -0.2) is 0 Å². The molecule has 0 unspecified atom stereocenters. The maximum Gasteiger partial charge on any atom is 0.223 e. The number of rotatable bonds is 8. The molecule has 1 fully saturated rings. The Morgan fingerprint density at radius 1 is 1.16 bits per heavy atom. The summed E-state index contributed by atoms with van der Waals surface area (Å²) in [6, 6.07) is 0. The van der Waals surface area contributed by atoms with Crippen LogP contribution in [0, 0.1) is 5.92 Å². The van der Waals surface area contributed by atoms with E-state index < -0.39 is 0 Å². The van der Waals surface area contributed by atoms with E-state index in [0.29, 0.717) is 38.6 Å². The Kier molecular flexibility index (Phi) is 11.2. The second-order valence-electron chi connectivity index (χ2n) is 4.76. The lowest BCUT2D eigenvalue weighted by Gasteiger charge is -2.27. The molecule has 1 N–H and O–H groups in total. The predicted molar refractivity (Wildman–Crippen MR) is 77.8 cm³/mol. The van der Waals surface area contributed by atoms with Crippen molar-refractivity contribution in [1.29, 1.82) is 0 Å². The maximum absolute atomic E-state index is 12.2. The minimum Gasteiger partial charge on any atom is -0.383 e. The fourth-order valence-corrected chi connectivity index (χ4v) is 2.23. The molecule has 19 heavy (non-hydrogen) atoms. The average molecular weight is 295 g/mol. The zero-order valence-corrected chi connectivity index (χ0v) is 12.8. The van der Waals surface area contributed by atoms with Crippen molar-refractivity contribution in [3.8, 4) is 0 Å². The number of ether oxygens (including phenoxy) is 2. The monoisotopic (exact) mass is 294 g/mol. The number of hydrogen-bond acceptors (Lipinski definition) is 4. The predicted octanol–water partition coefficient (Wildman–Crippen LogP) is 0.919. The number of methoxy groups -OCH3 is 2. The van der Waals surface area contributed by atoms with Gasteiger partial charge in [0, 0.05) is 33.7 Å². The quantitative estimate of drug-likeness (QED) is 0.723. The molecule has 0 aromatic carbocycles. The van der Waals surface area contributed by atoms with Gasteiger partial charge in [0.15, 0.2) is 0 Å². The molecule has 1 aliphatic heterocycles. The van der Waals surface area contributed by atoms with Crippen molar-refractivity contribution < 1.29 is 14.3 Å². The minimum absolute atomic E-state index is 0. The van der Waals surface area contributed by atoms with Crippen LogP contribution in [0.4, 0.5) is 0 Å². The summed E-state index contributed by atoms with van der Waals surface area (Å²) in [6.07, 6.45) is 2.87. The molecule has 6 heteroatoms. The number of halogens is 1. The van der Waals surface area contributed by atoms with E-state index >= 15 is 0 Å². The number of nitrogens with one attached hydrogen (secondary N) is 1. The van der Waals surface area contributed by atoms with E-state index in [2.05, 4.69) is 5.32 Å². The van der Waals surface area contributed by atoms with Gasteiger partial charge in [-0.15, -0.1) is 12.4 Å². The normalized spacial score (nSPS) is 15.9. The number of carbonyl (C=O) groups excluding carboxylic acids is 1. The Hall–Kier alpha value is -0.360. The van der Waals surface area contributed by atoms with E-state index in [9.17, 15) is 4.79 Å². The highest BCUT2D eigenvalue weighted by Crippen LogP contribution is 2.17. The van der Waals surface area contributed by atoms with Crippen LogP contribution in [-0.2, 0) is 14.3 Å². The summed E-state index contributed by atoms with van der Waals surface area (Å²) in [5.74, 6) is 0.766. The highest BCUT2D eigenvalue weighted by atomic mass is 35.5. The van der Waals surface area contributed by atoms with E-state index in [1.807, 2.05) is 4.90 Å². The first-order valence-electron chi connectivity index (χ1n) is 6.74. The topological polar surface area (TPSA) is 50.8 Å². The second kappa shape index (κ2) is 11.5. The lowest BCUT2D eigenvalue weighted by Crippen LogP contribution is -2.38. The molecule has 1 saturated heterocycles. The molecule has 0 bridgehead atoms. The molecule has 1 aliphatic rings. The van der Waals surface area contributed by atoms with Crippen LogP contribution < -0.4 is 5.32 Å². The van der Waals surface area contributed by atoms with Gasteiger partial charge in [-0.1, -0.05) is 0 Å². The van der Waals surface area contributed by atoms with Crippen molar-refractivity contribution in [2.45, 2.75) is 19.3 Å². The molecule has 0 spiro atoms. The van der Waals surface area contributed by atoms with Crippen molar-refractivity contribution in [2.75, 3.05) is 53.6 Å². The molecular weight excluding hydrogens is 268 g/mol. The van der Waals surface area contributed by atoms with Crippen LogP contribution in [-0.4, -0.2) is 64.4 Å². The first kappa shape index (κ1) is 18.6. The zero-order chi connectivity index (χ0) is 13.2. The van der Waals surface area contributed by atoms with Crippen LogP contribution in [0.25, 0.3) is 0 Å². The summed E-state index contributed by atoms with van der Waals surface area (Å²) < 4.78 is 10.1. The molecule has 0 atom stereocenters. The Bertz CT molecular complexity index is 228. The van der Waals surface area contributed by atoms with Gasteiger partial charge in [-0.3, -0.25) is 4.79 Å². The summed E-state index contributed by atoms with van der Waals surface area (Å²) in [6.45, 7) is 4.55. The Morgan fingerprint density at radius 2 is 1.68 bits per heavy atom. The van der Waals surface area contributed by atoms with Crippen LogP contribution in [0.15, 0.2) is 0 Å². The smallest absolute Gasteiger partial charge is 0.223 e. The van der Waals surface area contributed by atoms with E-state index in [-0.39, 0.29) is 18.3 Å². The van der Waals surface area contributed by atoms with Crippen LogP contribution in [0.3, 0.4) is 0 Å². The van der Waals surface area contributed by atoms with Gasteiger partial charge in [0.2, 0.25) is 5.91 Å². The van der Waals surface area contributed by atoms with E-state index in [0.717, 1.165) is 25.9 Å². The molecule has 1 rings (SSSR count). The van der Waals surface area contributed by atoms with Crippen molar-refractivity contribution in [1.82, 2.24) is 10.2 Å². The maximum atomic E-state index is 12.2. The van der Waals surface area contributed by atoms with Crippen LogP contribution >= 0.6 is 12.4 Å². The molecular formula is C13H27ClN2O3.